The van der Waals surface area contributed by atoms with Gasteiger partial charge in [-0.3, -0.25) is 4.79 Å². The highest BCUT2D eigenvalue weighted by Crippen LogP contribution is 2.31. The second kappa shape index (κ2) is 9.72. The van der Waals surface area contributed by atoms with Crippen molar-refractivity contribution in [1.29, 1.82) is 0 Å². The van der Waals surface area contributed by atoms with Crippen molar-refractivity contribution < 1.29 is 26.7 Å². The minimum absolute atomic E-state index is 0.0472. The Morgan fingerprint density at radius 3 is 2.30 bits per heavy atom. The maximum Gasteiger partial charge on any atom is 0.257 e. The van der Waals surface area contributed by atoms with Crippen molar-refractivity contribution in [3.63, 3.8) is 0 Å². The molecule has 0 heterocycles. The molecule has 0 saturated heterocycles. The van der Waals surface area contributed by atoms with Crippen molar-refractivity contribution >= 4 is 33.2 Å². The Bertz CT molecular complexity index is 1040. The molecule has 0 unspecified atom stereocenters. The molecule has 0 bridgehead atoms. The highest BCUT2D eigenvalue weighted by atomic mass is 35.5. The molecular weight excluding hydrogens is 438 g/mol. The monoisotopic (exact) mass is 460 g/mol. The number of carbonyl (C=O) groups is 1. The van der Waals surface area contributed by atoms with Crippen LogP contribution in [0.2, 0.25) is 5.02 Å². The number of hydrogen-bond acceptors (Lipinski definition) is 4. The van der Waals surface area contributed by atoms with E-state index in [1.54, 1.807) is 27.7 Å². The summed E-state index contributed by atoms with van der Waals surface area (Å²) >= 11 is 5.87. The first-order valence-corrected chi connectivity index (χ1v) is 11.1. The fourth-order valence-corrected chi connectivity index (χ4v) is 4.44. The van der Waals surface area contributed by atoms with Crippen LogP contribution in [0.3, 0.4) is 0 Å². The van der Waals surface area contributed by atoms with Gasteiger partial charge in [0.25, 0.3) is 5.91 Å². The molecule has 0 aromatic heterocycles. The summed E-state index contributed by atoms with van der Waals surface area (Å²) in [6.07, 6.45) is -0.266. The molecule has 1 amide bonds. The third kappa shape index (κ3) is 5.27. The van der Waals surface area contributed by atoms with Crippen molar-refractivity contribution in [1.82, 2.24) is 4.31 Å². The molecule has 164 valence electrons. The Hall–Kier alpha value is -2.23. The fourth-order valence-electron chi connectivity index (χ4n) is 2.72. The zero-order valence-corrected chi connectivity index (χ0v) is 18.6. The Morgan fingerprint density at radius 2 is 1.73 bits per heavy atom. The topological polar surface area (TPSA) is 75.7 Å². The molecule has 0 spiro atoms. The number of sulfonamides is 1. The first kappa shape index (κ1) is 24.0. The van der Waals surface area contributed by atoms with Gasteiger partial charge in [-0.15, -0.1) is 0 Å². The summed E-state index contributed by atoms with van der Waals surface area (Å²) in [5.74, 6) is -3.05. The fraction of sp³-hybridized carbons (Fsp3) is 0.350. The zero-order chi connectivity index (χ0) is 22.6. The smallest absolute Gasteiger partial charge is 0.257 e. The summed E-state index contributed by atoms with van der Waals surface area (Å²) in [5, 5.41) is 2.20. The molecular formula is C20H23ClF2N2O4S. The number of ether oxygens (including phenoxy) is 1. The molecule has 2 aromatic rings. The van der Waals surface area contributed by atoms with Crippen LogP contribution in [0.15, 0.2) is 35.2 Å². The van der Waals surface area contributed by atoms with E-state index < -0.39 is 27.6 Å². The second-order valence-electron chi connectivity index (χ2n) is 6.61. The third-order valence-corrected chi connectivity index (χ3v) is 6.52. The molecule has 30 heavy (non-hydrogen) atoms. The highest BCUT2D eigenvalue weighted by molar-refractivity contribution is 7.89. The lowest BCUT2D eigenvalue weighted by Gasteiger charge is -2.20. The Balaban J connectivity index is 2.51. The number of halogens is 3. The molecule has 0 atom stereocenters. The van der Waals surface area contributed by atoms with Crippen LogP contribution in [0, 0.1) is 11.6 Å². The van der Waals surface area contributed by atoms with Gasteiger partial charge in [-0.2, -0.15) is 4.31 Å². The van der Waals surface area contributed by atoms with Crippen molar-refractivity contribution in [2.45, 2.75) is 38.7 Å². The van der Waals surface area contributed by atoms with Crippen LogP contribution in [-0.2, 0) is 10.0 Å². The summed E-state index contributed by atoms with van der Waals surface area (Å²) in [7, 11) is -3.80. The lowest BCUT2D eigenvalue weighted by molar-refractivity contribution is 0.102. The van der Waals surface area contributed by atoms with E-state index in [-0.39, 0.29) is 46.1 Å². The molecule has 1 N–H and O–H groups in total. The number of anilines is 1. The van der Waals surface area contributed by atoms with E-state index >= 15 is 0 Å². The quantitative estimate of drug-likeness (QED) is 0.580. The van der Waals surface area contributed by atoms with E-state index in [1.165, 1.54) is 22.5 Å². The number of nitrogens with zero attached hydrogens (tertiary/aromatic N) is 1. The zero-order valence-electron chi connectivity index (χ0n) is 17.0. The number of carbonyl (C=O) groups excluding carboxylic acids is 1. The van der Waals surface area contributed by atoms with E-state index in [9.17, 15) is 22.0 Å². The van der Waals surface area contributed by atoms with Gasteiger partial charge in [0.15, 0.2) is 11.6 Å². The summed E-state index contributed by atoms with van der Waals surface area (Å²) in [4.78, 5) is 12.6. The van der Waals surface area contributed by atoms with Crippen LogP contribution >= 0.6 is 11.6 Å². The lowest BCUT2D eigenvalue weighted by atomic mass is 10.2. The molecule has 0 radical (unpaired) electrons. The minimum atomic E-state index is -3.80. The number of rotatable bonds is 8. The van der Waals surface area contributed by atoms with Crippen molar-refractivity contribution in [2.75, 3.05) is 18.4 Å². The molecule has 0 saturated carbocycles. The molecule has 2 rings (SSSR count). The number of amides is 1. The van der Waals surface area contributed by atoms with Crippen molar-refractivity contribution in [3.05, 3.63) is 52.6 Å². The number of benzene rings is 2. The van der Waals surface area contributed by atoms with Gasteiger partial charge in [0, 0.05) is 13.1 Å². The normalized spacial score (nSPS) is 11.8. The van der Waals surface area contributed by atoms with Gasteiger partial charge in [0.2, 0.25) is 10.0 Å². The largest absolute Gasteiger partial charge is 0.489 e. The average Bonchev–Trinajstić information content (AvgIpc) is 2.66. The van der Waals surface area contributed by atoms with Gasteiger partial charge in [0.1, 0.15) is 5.75 Å². The predicted octanol–water partition coefficient (Wildman–Crippen LogP) is 4.69. The third-order valence-electron chi connectivity index (χ3n) is 4.16. The standard InChI is InChI=1S/C20H23ClF2N2O4S/c1-5-25(6-2)30(27,28)13-7-8-19(29-12(3)4)18(9-13)24-20(26)14-10-16(22)17(23)11-15(14)21/h7-12H,5-6H2,1-4H3,(H,24,26). The predicted molar refractivity (Wildman–Crippen MR) is 112 cm³/mol. The van der Waals surface area contributed by atoms with Crippen LogP contribution in [0.5, 0.6) is 5.75 Å². The first-order chi connectivity index (χ1) is 14.0. The van der Waals surface area contributed by atoms with Gasteiger partial charge < -0.3 is 10.1 Å². The summed E-state index contributed by atoms with van der Waals surface area (Å²) in [6.45, 7) is 7.50. The Labute approximate surface area is 179 Å². The van der Waals surface area contributed by atoms with Crippen LogP contribution in [-0.4, -0.2) is 37.8 Å². The van der Waals surface area contributed by atoms with Crippen LogP contribution in [0.25, 0.3) is 0 Å². The maximum absolute atomic E-state index is 13.6. The molecule has 6 nitrogen and oxygen atoms in total. The molecule has 0 aliphatic rings. The van der Waals surface area contributed by atoms with Gasteiger partial charge >= 0.3 is 0 Å². The van der Waals surface area contributed by atoms with Crippen molar-refractivity contribution in [3.8, 4) is 5.75 Å². The molecule has 10 heteroatoms. The summed E-state index contributed by atoms with van der Waals surface area (Å²) in [6, 6.07) is 5.44. The van der Waals surface area contributed by atoms with E-state index in [0.29, 0.717) is 12.1 Å². The number of nitrogens with one attached hydrogen (secondary N) is 1. The SMILES string of the molecule is CCN(CC)S(=O)(=O)c1ccc(OC(C)C)c(NC(=O)c2cc(F)c(F)cc2Cl)c1. The van der Waals surface area contributed by atoms with Crippen molar-refractivity contribution in [2.24, 2.45) is 0 Å². The van der Waals surface area contributed by atoms with E-state index in [2.05, 4.69) is 5.32 Å². The molecule has 2 aromatic carbocycles. The summed E-state index contributed by atoms with van der Waals surface area (Å²) < 4.78 is 59.5. The highest BCUT2D eigenvalue weighted by Gasteiger charge is 2.24. The molecule has 0 fully saturated rings. The Kier molecular flexibility index (Phi) is 7.79. The molecule has 0 aliphatic carbocycles. The lowest BCUT2D eigenvalue weighted by Crippen LogP contribution is -2.30. The summed E-state index contributed by atoms with van der Waals surface area (Å²) in [5.41, 5.74) is -0.245. The van der Waals surface area contributed by atoms with Crippen LogP contribution < -0.4 is 10.1 Å². The second-order valence-corrected chi connectivity index (χ2v) is 8.96. The van der Waals surface area contributed by atoms with Gasteiger partial charge in [-0.1, -0.05) is 25.4 Å². The van der Waals surface area contributed by atoms with Crippen LogP contribution in [0.4, 0.5) is 14.5 Å². The van der Waals surface area contributed by atoms with Gasteiger partial charge in [-0.05, 0) is 44.2 Å². The van der Waals surface area contributed by atoms with E-state index in [1.807, 2.05) is 0 Å². The molecule has 0 aliphatic heterocycles. The minimum Gasteiger partial charge on any atom is -0.489 e. The average molecular weight is 461 g/mol. The number of hydrogen-bond donors (Lipinski definition) is 1. The van der Waals surface area contributed by atoms with Crippen LogP contribution in [0.1, 0.15) is 38.1 Å². The van der Waals surface area contributed by atoms with Gasteiger partial charge in [0.05, 0.1) is 27.3 Å². The first-order valence-electron chi connectivity index (χ1n) is 9.28. The Morgan fingerprint density at radius 1 is 1.13 bits per heavy atom. The van der Waals surface area contributed by atoms with Gasteiger partial charge in [-0.25, -0.2) is 17.2 Å². The van der Waals surface area contributed by atoms with E-state index in [4.69, 9.17) is 16.3 Å². The van der Waals surface area contributed by atoms with E-state index in [0.717, 1.165) is 0 Å². The maximum atomic E-state index is 13.6.